The smallest absolute Gasteiger partial charge is 0.274 e. The quantitative estimate of drug-likeness (QED) is 0.379. The van der Waals surface area contributed by atoms with Crippen molar-refractivity contribution in [3.05, 3.63) is 54.1 Å². The van der Waals surface area contributed by atoms with Crippen LogP contribution in [0.2, 0.25) is 0 Å². The van der Waals surface area contributed by atoms with Gasteiger partial charge in [0, 0.05) is 31.2 Å². The molecule has 1 saturated carbocycles. The van der Waals surface area contributed by atoms with E-state index in [0.29, 0.717) is 42.9 Å². The van der Waals surface area contributed by atoms with Gasteiger partial charge in [0.1, 0.15) is 5.82 Å². The molecule has 0 spiro atoms. The van der Waals surface area contributed by atoms with Crippen LogP contribution in [0.15, 0.2) is 47.6 Å². The Labute approximate surface area is 215 Å². The summed E-state index contributed by atoms with van der Waals surface area (Å²) in [6, 6.07) is 8.22. The minimum Gasteiger partial charge on any atom is -0.274 e. The zero-order chi connectivity index (χ0) is 25.9. The fourth-order valence-corrected chi connectivity index (χ4v) is 8.31. The molecular weight excluding hydrogens is 514 g/mol. The third-order valence-corrected chi connectivity index (χ3v) is 11.0. The summed E-state index contributed by atoms with van der Waals surface area (Å²) in [5.41, 5.74) is 2.37. The van der Waals surface area contributed by atoms with Crippen LogP contribution in [0.5, 0.6) is 0 Å². The van der Waals surface area contributed by atoms with Crippen LogP contribution in [0.3, 0.4) is 0 Å². The van der Waals surface area contributed by atoms with Crippen molar-refractivity contribution in [1.82, 2.24) is 32.6 Å². The second kappa shape index (κ2) is 8.86. The van der Waals surface area contributed by atoms with Crippen molar-refractivity contribution in [3.8, 4) is 0 Å². The van der Waals surface area contributed by atoms with Gasteiger partial charge < -0.3 is 0 Å². The molecule has 0 amide bonds. The lowest BCUT2D eigenvalue weighted by Gasteiger charge is -2.31. The predicted molar refractivity (Wildman–Crippen MR) is 138 cm³/mol. The lowest BCUT2D eigenvalue weighted by molar-refractivity contribution is 0.301. The highest BCUT2D eigenvalue weighted by Crippen LogP contribution is 2.42. The van der Waals surface area contributed by atoms with Crippen molar-refractivity contribution in [2.75, 3.05) is 13.1 Å². The van der Waals surface area contributed by atoms with Gasteiger partial charge in [-0.05, 0) is 50.3 Å². The minimum atomic E-state index is -3.85. The molecule has 1 N–H and O–H groups in total. The highest BCUT2D eigenvalue weighted by atomic mass is 32.2. The highest BCUT2D eigenvalue weighted by Gasteiger charge is 2.40. The molecule has 6 rings (SSSR count). The van der Waals surface area contributed by atoms with Crippen LogP contribution >= 0.6 is 0 Å². The van der Waals surface area contributed by atoms with Crippen LogP contribution in [-0.2, 0) is 20.2 Å². The van der Waals surface area contributed by atoms with Gasteiger partial charge in [0.25, 0.3) is 20.2 Å². The lowest BCUT2D eigenvalue weighted by Crippen LogP contribution is -2.50. The third kappa shape index (κ3) is 4.04. The number of hydrogen-bond acceptors (Lipinski definition) is 7. The first-order valence-corrected chi connectivity index (χ1v) is 15.4. The maximum absolute atomic E-state index is 13.4. The topological polar surface area (TPSA) is 132 Å². The van der Waals surface area contributed by atoms with E-state index in [4.69, 9.17) is 0 Å². The summed E-state index contributed by atoms with van der Waals surface area (Å²) in [5, 5.41) is 8.80. The molecule has 0 bridgehead atoms. The molecule has 2 fully saturated rings. The van der Waals surface area contributed by atoms with Gasteiger partial charge in [-0.25, -0.2) is 17.4 Å². The number of rotatable bonds is 7. The second-order valence-electron chi connectivity index (χ2n) is 9.97. The van der Waals surface area contributed by atoms with Gasteiger partial charge in [-0.1, -0.05) is 31.0 Å². The van der Waals surface area contributed by atoms with Gasteiger partial charge in [-0.2, -0.15) is 17.4 Å². The normalized spacial score (nSPS) is 23.1. The van der Waals surface area contributed by atoms with E-state index in [0.717, 1.165) is 18.4 Å². The Hall–Kier alpha value is -2.87. The largest absolute Gasteiger partial charge is 0.279 e. The molecule has 3 aromatic heterocycles. The summed E-state index contributed by atoms with van der Waals surface area (Å²) in [5.74, 6) is 0.871. The molecule has 3 atom stereocenters. The Morgan fingerprint density at radius 3 is 2.46 bits per heavy atom. The average molecular weight is 544 g/mol. The number of nitrogens with zero attached hydrogens (tertiary/aromatic N) is 6. The Morgan fingerprint density at radius 1 is 1.03 bits per heavy atom. The number of nitrogens with one attached hydrogen (secondary N) is 1. The summed E-state index contributed by atoms with van der Waals surface area (Å²) in [4.78, 5) is 4.60. The van der Waals surface area contributed by atoms with E-state index >= 15 is 0 Å². The molecule has 1 unspecified atom stereocenters. The zero-order valence-electron chi connectivity index (χ0n) is 20.6. The molecule has 4 aromatic rings. The fourth-order valence-electron chi connectivity index (χ4n) is 5.51. The van der Waals surface area contributed by atoms with E-state index in [1.807, 2.05) is 11.3 Å². The van der Waals surface area contributed by atoms with Crippen LogP contribution in [0.25, 0.3) is 16.8 Å². The van der Waals surface area contributed by atoms with E-state index < -0.39 is 20.2 Å². The zero-order valence-corrected chi connectivity index (χ0v) is 22.3. The maximum Gasteiger partial charge on any atom is 0.279 e. The maximum atomic E-state index is 13.4. The highest BCUT2D eigenvalue weighted by molar-refractivity contribution is 7.90. The van der Waals surface area contributed by atoms with Crippen LogP contribution in [0.1, 0.15) is 49.9 Å². The molecule has 1 saturated heterocycles. The van der Waals surface area contributed by atoms with Crippen LogP contribution in [0, 0.1) is 12.8 Å². The number of aromatic nitrogens is 5. The Morgan fingerprint density at radius 2 is 1.78 bits per heavy atom. The van der Waals surface area contributed by atoms with E-state index in [-0.39, 0.29) is 28.4 Å². The first kappa shape index (κ1) is 24.5. The first-order valence-electron chi connectivity index (χ1n) is 12.5. The van der Waals surface area contributed by atoms with Gasteiger partial charge in [0.05, 0.1) is 16.6 Å². The summed E-state index contributed by atoms with van der Waals surface area (Å²) in [7, 11) is -7.34. The Balaban J connectivity index is 1.38. The average Bonchev–Trinajstić information content (AvgIpc) is 3.53. The Bertz CT molecular complexity index is 1690. The molecule has 2 aliphatic rings. The van der Waals surface area contributed by atoms with E-state index in [1.54, 1.807) is 30.3 Å². The predicted octanol–water partition coefficient (Wildman–Crippen LogP) is 2.44. The number of fused-ring (bicyclic) bond motifs is 3. The molecule has 1 aromatic carbocycles. The first-order chi connectivity index (χ1) is 17.7. The fraction of sp³-hybridized carbons (Fsp3) is 0.458. The molecule has 1 aliphatic heterocycles. The van der Waals surface area contributed by atoms with E-state index in [9.17, 15) is 16.8 Å². The van der Waals surface area contributed by atoms with Crippen molar-refractivity contribution in [3.63, 3.8) is 0 Å². The SMILES string of the molecule is CC[C@@H]1CC(NS(=O)(=O)N2CCC2)C[C@@H]1c1nnc2cnc3c(ccn3S(=O)(=O)c3ccc(C)cc3)n12. The molecule has 196 valence electrons. The van der Waals surface area contributed by atoms with Crippen molar-refractivity contribution >= 4 is 37.0 Å². The van der Waals surface area contributed by atoms with Crippen molar-refractivity contribution < 1.29 is 16.8 Å². The van der Waals surface area contributed by atoms with Gasteiger partial charge in [-0.15, -0.1) is 10.2 Å². The van der Waals surface area contributed by atoms with Crippen molar-refractivity contribution in [2.24, 2.45) is 5.92 Å². The summed E-state index contributed by atoms with van der Waals surface area (Å²) < 4.78 is 59.6. The molecule has 13 heteroatoms. The van der Waals surface area contributed by atoms with Crippen LogP contribution in [-0.4, -0.2) is 63.8 Å². The van der Waals surface area contributed by atoms with Gasteiger partial charge >= 0.3 is 0 Å². The molecule has 0 radical (unpaired) electrons. The van der Waals surface area contributed by atoms with Gasteiger partial charge in [-0.3, -0.25) is 4.40 Å². The minimum absolute atomic E-state index is 0.0354. The summed E-state index contributed by atoms with van der Waals surface area (Å²) in [6.45, 7) is 5.12. The Kier molecular flexibility index (Phi) is 5.86. The summed E-state index contributed by atoms with van der Waals surface area (Å²) >= 11 is 0. The third-order valence-electron chi connectivity index (χ3n) is 7.66. The lowest BCUT2D eigenvalue weighted by atomic mass is 9.93. The molecular formula is C24H29N7O4S2. The summed E-state index contributed by atoms with van der Waals surface area (Å²) in [6.07, 6.45) is 6.09. The monoisotopic (exact) mass is 543 g/mol. The number of benzene rings is 1. The molecule has 11 nitrogen and oxygen atoms in total. The van der Waals surface area contributed by atoms with E-state index in [2.05, 4.69) is 26.8 Å². The van der Waals surface area contributed by atoms with Crippen LogP contribution in [0.4, 0.5) is 0 Å². The standard InChI is InChI=1S/C24H29N7O4S2/c1-3-17-13-18(28-37(34,35)29-10-4-11-29)14-20(17)23-27-26-22-15-25-24-21(31(22)23)9-12-30(24)36(32,33)19-7-5-16(2)6-8-19/h5-9,12,15,17-18,20,28H,3-4,10-11,13-14H2,1-2H3/t17-,18?,20+/m1/s1. The van der Waals surface area contributed by atoms with E-state index in [1.165, 1.54) is 20.7 Å². The number of hydrogen-bond donors (Lipinski definition) is 1. The van der Waals surface area contributed by atoms with Crippen molar-refractivity contribution in [2.45, 2.75) is 56.4 Å². The molecule has 4 heterocycles. The van der Waals surface area contributed by atoms with Crippen molar-refractivity contribution in [1.29, 1.82) is 0 Å². The second-order valence-corrected chi connectivity index (χ2v) is 13.5. The van der Waals surface area contributed by atoms with Gasteiger partial charge in [0.15, 0.2) is 11.3 Å². The van der Waals surface area contributed by atoms with Gasteiger partial charge in [0.2, 0.25) is 0 Å². The number of aryl methyl sites for hydroxylation is 1. The molecule has 37 heavy (non-hydrogen) atoms. The van der Waals surface area contributed by atoms with Crippen LogP contribution < -0.4 is 4.72 Å². The molecule has 1 aliphatic carbocycles.